The van der Waals surface area contributed by atoms with Crippen LogP contribution in [-0.2, 0) is 4.79 Å². The van der Waals surface area contributed by atoms with Crippen molar-refractivity contribution in [3.05, 3.63) is 88.3 Å². The zero-order chi connectivity index (χ0) is 21.5. The van der Waals surface area contributed by atoms with Gasteiger partial charge in [0.1, 0.15) is 34.5 Å². The molecule has 1 unspecified atom stereocenters. The molecular weight excluding hydrogens is 396 g/mol. The van der Waals surface area contributed by atoms with Crippen LogP contribution < -0.4 is 14.9 Å². The Morgan fingerprint density at radius 1 is 1.03 bits per heavy atom. The summed E-state index contributed by atoms with van der Waals surface area (Å²) in [7, 11) is 1.58. The van der Waals surface area contributed by atoms with Crippen molar-refractivity contribution in [2.24, 2.45) is 0 Å². The lowest BCUT2D eigenvalue weighted by atomic mass is 9.85. The molecule has 3 aromatic carbocycles. The topological polar surface area (TPSA) is 86.0 Å². The summed E-state index contributed by atoms with van der Waals surface area (Å²) in [5.41, 5.74) is 2.31. The molecule has 2 heterocycles. The molecule has 0 spiro atoms. The van der Waals surface area contributed by atoms with Crippen LogP contribution in [0.15, 0.2) is 76.1 Å². The largest absolute Gasteiger partial charge is 0.507 e. The average molecular weight is 414 g/mol. The van der Waals surface area contributed by atoms with Crippen LogP contribution in [0.3, 0.4) is 0 Å². The van der Waals surface area contributed by atoms with E-state index in [1.807, 2.05) is 30.3 Å². The van der Waals surface area contributed by atoms with Gasteiger partial charge in [-0.2, -0.15) is 0 Å². The number of fused-ring (bicyclic) bond motifs is 3. The van der Waals surface area contributed by atoms with Gasteiger partial charge in [0.15, 0.2) is 0 Å². The Bertz CT molecular complexity index is 1350. The molecule has 154 valence electrons. The lowest BCUT2D eigenvalue weighted by Crippen LogP contribution is -2.22. The fourth-order valence-corrected chi connectivity index (χ4v) is 4.07. The maximum absolute atomic E-state index is 13.3. The number of aromatic hydroxyl groups is 1. The van der Waals surface area contributed by atoms with Gasteiger partial charge in [-0.3, -0.25) is 9.59 Å². The highest BCUT2D eigenvalue weighted by atomic mass is 16.5. The number of phenols is 1. The Balaban J connectivity index is 1.76. The van der Waals surface area contributed by atoms with Crippen molar-refractivity contribution in [1.29, 1.82) is 0 Å². The number of phenolic OH excluding ortho intramolecular Hbond substituents is 1. The molecule has 4 aromatic rings. The number of hydrogen-bond acceptors (Lipinski definition) is 6. The molecule has 1 N–H and O–H groups in total. The van der Waals surface area contributed by atoms with E-state index in [4.69, 9.17) is 13.9 Å². The van der Waals surface area contributed by atoms with Gasteiger partial charge in [-0.15, -0.1) is 0 Å². The lowest BCUT2D eigenvalue weighted by molar-refractivity contribution is -0.135. The standard InChI is InChI=1S/C25H18O6/c1-29-16-9-7-15(8-10-16)17-11-21(27)31-20-12-19(26)23-24(28)18(13-30-25(23)22(17)20)14-5-3-2-4-6-14/h2-10,12-13,17,26H,11H2,1H3. The lowest BCUT2D eigenvalue weighted by Gasteiger charge is -2.26. The molecule has 1 aliphatic heterocycles. The second-order valence-corrected chi connectivity index (χ2v) is 7.36. The van der Waals surface area contributed by atoms with Crippen LogP contribution in [0, 0.1) is 0 Å². The SMILES string of the molecule is COc1ccc(C2CC(=O)Oc3cc(O)c4c(=O)c(-c5ccccc5)coc4c32)cc1. The number of methoxy groups -OCH3 is 1. The Morgan fingerprint density at radius 3 is 2.48 bits per heavy atom. The minimum atomic E-state index is -0.421. The van der Waals surface area contributed by atoms with E-state index < -0.39 is 11.9 Å². The van der Waals surface area contributed by atoms with Crippen molar-refractivity contribution in [2.75, 3.05) is 7.11 Å². The summed E-state index contributed by atoms with van der Waals surface area (Å²) in [5, 5.41) is 10.7. The Kier molecular flexibility index (Phi) is 4.47. The summed E-state index contributed by atoms with van der Waals surface area (Å²) in [6.45, 7) is 0. The van der Waals surface area contributed by atoms with Gasteiger partial charge < -0.3 is 19.0 Å². The van der Waals surface area contributed by atoms with Crippen LogP contribution in [-0.4, -0.2) is 18.2 Å². The third-order valence-electron chi connectivity index (χ3n) is 5.57. The first-order chi connectivity index (χ1) is 15.1. The summed E-state index contributed by atoms with van der Waals surface area (Å²) >= 11 is 0. The number of hydrogen-bond donors (Lipinski definition) is 1. The summed E-state index contributed by atoms with van der Waals surface area (Å²) in [5.74, 6) is -0.218. The molecule has 6 heteroatoms. The second-order valence-electron chi connectivity index (χ2n) is 7.36. The van der Waals surface area contributed by atoms with Crippen LogP contribution >= 0.6 is 0 Å². The normalized spacial score (nSPS) is 15.4. The monoisotopic (exact) mass is 414 g/mol. The molecule has 0 saturated heterocycles. The first-order valence-electron chi connectivity index (χ1n) is 9.78. The van der Waals surface area contributed by atoms with E-state index in [1.54, 1.807) is 31.4 Å². The Hall–Kier alpha value is -4.06. The number of carbonyl (C=O) groups excluding carboxylic acids is 1. The van der Waals surface area contributed by atoms with Crippen molar-refractivity contribution in [3.8, 4) is 28.4 Å². The molecule has 1 atom stereocenters. The van der Waals surface area contributed by atoms with E-state index in [0.717, 1.165) is 5.56 Å². The zero-order valence-electron chi connectivity index (χ0n) is 16.6. The van der Waals surface area contributed by atoms with E-state index in [1.165, 1.54) is 12.3 Å². The third kappa shape index (κ3) is 3.13. The molecule has 1 aliphatic rings. The van der Waals surface area contributed by atoms with Gasteiger partial charge >= 0.3 is 5.97 Å². The van der Waals surface area contributed by atoms with Crippen LogP contribution in [0.2, 0.25) is 0 Å². The quantitative estimate of drug-likeness (QED) is 0.389. The maximum Gasteiger partial charge on any atom is 0.312 e. The predicted octanol–water partition coefficient (Wildman–Crippen LogP) is 4.62. The van der Waals surface area contributed by atoms with Gasteiger partial charge in [-0.05, 0) is 23.3 Å². The fourth-order valence-electron chi connectivity index (χ4n) is 4.07. The average Bonchev–Trinajstić information content (AvgIpc) is 2.79. The molecule has 5 rings (SSSR count). The van der Waals surface area contributed by atoms with Crippen molar-refractivity contribution >= 4 is 16.9 Å². The van der Waals surface area contributed by atoms with E-state index in [0.29, 0.717) is 22.4 Å². The maximum atomic E-state index is 13.3. The number of ether oxygens (including phenoxy) is 2. The Morgan fingerprint density at radius 2 is 1.77 bits per heavy atom. The van der Waals surface area contributed by atoms with Gasteiger partial charge in [-0.1, -0.05) is 42.5 Å². The van der Waals surface area contributed by atoms with Gasteiger partial charge in [0, 0.05) is 17.5 Å². The fraction of sp³-hybridized carbons (Fsp3) is 0.120. The van der Waals surface area contributed by atoms with E-state index >= 15 is 0 Å². The molecule has 6 nitrogen and oxygen atoms in total. The van der Waals surface area contributed by atoms with Crippen LogP contribution in [0.25, 0.3) is 22.1 Å². The highest BCUT2D eigenvalue weighted by Crippen LogP contribution is 2.45. The van der Waals surface area contributed by atoms with Gasteiger partial charge in [-0.25, -0.2) is 0 Å². The van der Waals surface area contributed by atoms with E-state index in [9.17, 15) is 14.7 Å². The van der Waals surface area contributed by atoms with Crippen molar-refractivity contribution in [3.63, 3.8) is 0 Å². The first-order valence-corrected chi connectivity index (χ1v) is 9.78. The van der Waals surface area contributed by atoms with Crippen molar-refractivity contribution in [2.45, 2.75) is 12.3 Å². The molecule has 0 radical (unpaired) electrons. The molecule has 0 saturated carbocycles. The molecule has 0 fully saturated rings. The van der Waals surface area contributed by atoms with E-state index in [2.05, 4.69) is 0 Å². The molecular formula is C25H18O6. The summed E-state index contributed by atoms with van der Waals surface area (Å²) in [6, 6.07) is 17.8. The summed E-state index contributed by atoms with van der Waals surface area (Å²) in [6.07, 6.45) is 1.48. The summed E-state index contributed by atoms with van der Waals surface area (Å²) in [4.78, 5) is 25.5. The van der Waals surface area contributed by atoms with Crippen LogP contribution in [0.1, 0.15) is 23.5 Å². The minimum absolute atomic E-state index is 0.0663. The molecule has 0 bridgehead atoms. The third-order valence-corrected chi connectivity index (χ3v) is 5.57. The summed E-state index contributed by atoms with van der Waals surface area (Å²) < 4.78 is 16.5. The van der Waals surface area contributed by atoms with Crippen LogP contribution in [0.5, 0.6) is 17.2 Å². The van der Waals surface area contributed by atoms with Gasteiger partial charge in [0.05, 0.1) is 19.1 Å². The number of esters is 1. The van der Waals surface area contributed by atoms with Crippen LogP contribution in [0.4, 0.5) is 0 Å². The number of rotatable bonds is 3. The minimum Gasteiger partial charge on any atom is -0.507 e. The van der Waals surface area contributed by atoms with Gasteiger partial charge in [0.25, 0.3) is 0 Å². The molecule has 1 aromatic heterocycles. The van der Waals surface area contributed by atoms with Crippen molar-refractivity contribution < 1.29 is 23.8 Å². The highest BCUT2D eigenvalue weighted by molar-refractivity contribution is 5.94. The van der Waals surface area contributed by atoms with Crippen molar-refractivity contribution in [1.82, 2.24) is 0 Å². The van der Waals surface area contributed by atoms with E-state index in [-0.39, 0.29) is 34.3 Å². The number of carbonyl (C=O) groups is 1. The molecule has 0 aliphatic carbocycles. The first kappa shape index (κ1) is 18.9. The highest BCUT2D eigenvalue weighted by Gasteiger charge is 2.33. The second kappa shape index (κ2) is 7.32. The predicted molar refractivity (Wildman–Crippen MR) is 115 cm³/mol. The zero-order valence-corrected chi connectivity index (χ0v) is 16.6. The number of benzene rings is 3. The molecule has 31 heavy (non-hydrogen) atoms. The van der Waals surface area contributed by atoms with Gasteiger partial charge in [0.2, 0.25) is 5.43 Å². The molecule has 0 amide bonds. The Labute approximate surface area is 177 Å². The smallest absolute Gasteiger partial charge is 0.312 e.